The van der Waals surface area contributed by atoms with Gasteiger partial charge in [-0.05, 0) is 19.9 Å². The van der Waals surface area contributed by atoms with E-state index < -0.39 is 0 Å². The fourth-order valence-corrected chi connectivity index (χ4v) is 0.886. The Morgan fingerprint density at radius 1 is 1.69 bits per heavy atom. The number of nitrogens with zero attached hydrogens (tertiary/aromatic N) is 1. The summed E-state index contributed by atoms with van der Waals surface area (Å²) >= 11 is 0. The molecule has 3 N–H and O–H groups in total. The van der Waals surface area contributed by atoms with Crippen LogP contribution in [-0.4, -0.2) is 23.1 Å². The summed E-state index contributed by atoms with van der Waals surface area (Å²) in [6.45, 7) is 2.77. The molecule has 0 saturated carbocycles. The number of rotatable bonds is 4. The van der Waals surface area contributed by atoms with Crippen molar-refractivity contribution in [1.29, 1.82) is 0 Å². The maximum absolute atomic E-state index is 10.9. The van der Waals surface area contributed by atoms with Crippen molar-refractivity contribution >= 4 is 0 Å². The Balaban J connectivity index is 2.61. The van der Waals surface area contributed by atoms with Gasteiger partial charge in [-0.25, -0.2) is 4.98 Å². The number of H-pyrrole nitrogens is 1. The number of hydrogen-bond acceptors (Lipinski definition) is 4. The highest BCUT2D eigenvalue weighted by atomic mass is 16.5. The van der Waals surface area contributed by atoms with Gasteiger partial charge < -0.3 is 15.5 Å². The third kappa shape index (κ3) is 3.25. The fourth-order valence-electron chi connectivity index (χ4n) is 0.886. The van der Waals surface area contributed by atoms with E-state index in [9.17, 15) is 4.79 Å². The van der Waals surface area contributed by atoms with Crippen LogP contribution in [0.15, 0.2) is 10.9 Å². The van der Waals surface area contributed by atoms with E-state index in [1.165, 1.54) is 6.07 Å². The minimum atomic E-state index is -0.199. The molecular weight excluding hydrogens is 170 g/mol. The molecule has 5 heteroatoms. The van der Waals surface area contributed by atoms with Crippen LogP contribution in [0.1, 0.15) is 12.2 Å². The number of nitrogens with two attached hydrogens (primary N) is 1. The van der Waals surface area contributed by atoms with Gasteiger partial charge in [-0.15, -0.1) is 0 Å². The van der Waals surface area contributed by atoms with Crippen LogP contribution >= 0.6 is 0 Å². The van der Waals surface area contributed by atoms with Crippen LogP contribution in [0, 0.1) is 6.92 Å². The van der Waals surface area contributed by atoms with Crippen LogP contribution in [0.4, 0.5) is 0 Å². The van der Waals surface area contributed by atoms with Gasteiger partial charge in [-0.2, -0.15) is 0 Å². The van der Waals surface area contributed by atoms with Crippen molar-refractivity contribution in [3.05, 3.63) is 22.2 Å². The molecule has 0 atom stereocenters. The Morgan fingerprint density at radius 3 is 3.08 bits per heavy atom. The number of aryl methyl sites for hydroxylation is 1. The quantitative estimate of drug-likeness (QED) is 0.634. The van der Waals surface area contributed by atoms with Gasteiger partial charge in [0, 0.05) is 0 Å². The van der Waals surface area contributed by atoms with Gasteiger partial charge in [0.25, 0.3) is 5.56 Å². The van der Waals surface area contributed by atoms with Crippen LogP contribution in [0.3, 0.4) is 0 Å². The third-order valence-corrected chi connectivity index (χ3v) is 1.43. The average Bonchev–Trinajstić information content (AvgIpc) is 2.03. The molecule has 1 aromatic rings. The van der Waals surface area contributed by atoms with Gasteiger partial charge in [0.1, 0.15) is 5.82 Å². The Morgan fingerprint density at radius 2 is 2.46 bits per heavy atom. The molecule has 5 nitrogen and oxygen atoms in total. The number of nitrogens with one attached hydrogen (secondary N) is 1. The van der Waals surface area contributed by atoms with Crippen molar-refractivity contribution in [2.45, 2.75) is 13.3 Å². The largest absolute Gasteiger partial charge is 0.477 e. The molecule has 72 valence electrons. The Kier molecular flexibility index (Phi) is 3.45. The maximum Gasteiger partial charge on any atom is 0.254 e. The molecule has 13 heavy (non-hydrogen) atoms. The summed E-state index contributed by atoms with van der Waals surface area (Å²) in [5, 5.41) is 0. The van der Waals surface area contributed by atoms with E-state index in [1.807, 2.05) is 0 Å². The van der Waals surface area contributed by atoms with E-state index >= 15 is 0 Å². The van der Waals surface area contributed by atoms with Gasteiger partial charge in [-0.3, -0.25) is 4.79 Å². The number of aromatic amines is 1. The van der Waals surface area contributed by atoms with Crippen LogP contribution in [-0.2, 0) is 0 Å². The molecule has 0 spiro atoms. The minimum Gasteiger partial charge on any atom is -0.477 e. The first-order valence-electron chi connectivity index (χ1n) is 4.13. The van der Waals surface area contributed by atoms with Gasteiger partial charge in [-0.1, -0.05) is 0 Å². The predicted molar refractivity (Wildman–Crippen MR) is 48.8 cm³/mol. The lowest BCUT2D eigenvalue weighted by Crippen LogP contribution is -2.12. The van der Waals surface area contributed by atoms with E-state index in [0.717, 1.165) is 6.42 Å². The van der Waals surface area contributed by atoms with E-state index in [1.54, 1.807) is 6.92 Å². The normalized spacial score (nSPS) is 10.0. The molecule has 0 aliphatic carbocycles. The highest BCUT2D eigenvalue weighted by molar-refractivity contribution is 5.07. The molecule has 0 bridgehead atoms. The van der Waals surface area contributed by atoms with Crippen molar-refractivity contribution < 1.29 is 4.74 Å². The Hall–Kier alpha value is -1.36. The van der Waals surface area contributed by atoms with Gasteiger partial charge >= 0.3 is 0 Å². The first-order chi connectivity index (χ1) is 6.22. The van der Waals surface area contributed by atoms with Crippen molar-refractivity contribution in [2.75, 3.05) is 13.2 Å². The van der Waals surface area contributed by atoms with Gasteiger partial charge in [0.05, 0.1) is 12.7 Å². The molecule has 0 amide bonds. The summed E-state index contributed by atoms with van der Waals surface area (Å²) in [5.74, 6) is 0.907. The standard InChI is InChI=1S/C8H13N3O2/c1-6-10-7(12)5-8(11-6)13-4-2-3-9/h5H,2-4,9H2,1H3,(H,10,11,12). The molecule has 1 heterocycles. The topological polar surface area (TPSA) is 81.0 Å². The maximum atomic E-state index is 10.9. The van der Waals surface area contributed by atoms with Gasteiger partial charge in [0.15, 0.2) is 0 Å². The first-order valence-corrected chi connectivity index (χ1v) is 4.13. The molecule has 0 unspecified atom stereocenters. The minimum absolute atomic E-state index is 0.199. The zero-order chi connectivity index (χ0) is 9.68. The lowest BCUT2D eigenvalue weighted by Gasteiger charge is -2.03. The third-order valence-electron chi connectivity index (χ3n) is 1.43. The van der Waals surface area contributed by atoms with Gasteiger partial charge in [0.2, 0.25) is 5.88 Å². The highest BCUT2D eigenvalue weighted by Gasteiger charge is 1.97. The lowest BCUT2D eigenvalue weighted by molar-refractivity contribution is 0.300. The summed E-state index contributed by atoms with van der Waals surface area (Å²) in [7, 11) is 0. The fraction of sp³-hybridized carbons (Fsp3) is 0.500. The second kappa shape index (κ2) is 4.61. The Bertz CT molecular complexity index is 321. The molecule has 1 rings (SSSR count). The van der Waals surface area contributed by atoms with Crippen molar-refractivity contribution in [3.63, 3.8) is 0 Å². The molecule has 0 radical (unpaired) electrons. The number of ether oxygens (including phenoxy) is 1. The summed E-state index contributed by atoms with van der Waals surface area (Å²) < 4.78 is 5.20. The SMILES string of the molecule is Cc1nc(OCCCN)cc(=O)[nH]1. The van der Waals surface area contributed by atoms with Crippen LogP contribution in [0.2, 0.25) is 0 Å². The molecule has 0 aromatic carbocycles. The second-order valence-electron chi connectivity index (χ2n) is 2.66. The van der Waals surface area contributed by atoms with Crippen molar-refractivity contribution in [2.24, 2.45) is 5.73 Å². The Labute approximate surface area is 75.9 Å². The lowest BCUT2D eigenvalue weighted by atomic mass is 10.5. The van der Waals surface area contributed by atoms with Crippen molar-refractivity contribution in [3.8, 4) is 5.88 Å². The summed E-state index contributed by atoms with van der Waals surface area (Å²) in [5.41, 5.74) is 5.09. The summed E-state index contributed by atoms with van der Waals surface area (Å²) in [4.78, 5) is 17.5. The van der Waals surface area contributed by atoms with Crippen molar-refractivity contribution in [1.82, 2.24) is 9.97 Å². The smallest absolute Gasteiger partial charge is 0.254 e. The second-order valence-corrected chi connectivity index (χ2v) is 2.66. The molecule has 0 aliphatic heterocycles. The molecular formula is C8H13N3O2. The summed E-state index contributed by atoms with van der Waals surface area (Å²) in [6.07, 6.45) is 0.757. The van der Waals surface area contributed by atoms with E-state index in [4.69, 9.17) is 10.5 Å². The molecule has 0 aliphatic rings. The van der Waals surface area contributed by atoms with E-state index in [2.05, 4.69) is 9.97 Å². The first kappa shape index (κ1) is 9.73. The summed E-state index contributed by atoms with van der Waals surface area (Å²) in [6, 6.07) is 1.32. The number of aromatic nitrogens is 2. The highest BCUT2D eigenvalue weighted by Crippen LogP contribution is 2.01. The predicted octanol–water partition coefficient (Wildman–Crippen LogP) is -0.194. The van der Waals surface area contributed by atoms with Crippen LogP contribution in [0.5, 0.6) is 5.88 Å². The number of hydrogen-bond donors (Lipinski definition) is 2. The molecule has 0 saturated heterocycles. The molecule has 1 aromatic heterocycles. The van der Waals surface area contributed by atoms with Crippen LogP contribution < -0.4 is 16.0 Å². The zero-order valence-electron chi connectivity index (χ0n) is 7.54. The molecule has 0 fully saturated rings. The van der Waals surface area contributed by atoms with E-state index in [-0.39, 0.29) is 5.56 Å². The van der Waals surface area contributed by atoms with Crippen LogP contribution in [0.25, 0.3) is 0 Å². The monoisotopic (exact) mass is 183 g/mol. The zero-order valence-corrected chi connectivity index (χ0v) is 7.54. The van der Waals surface area contributed by atoms with E-state index in [0.29, 0.717) is 24.9 Å². The average molecular weight is 183 g/mol.